The average molecular weight is 194 g/mol. The van der Waals surface area contributed by atoms with Crippen LogP contribution >= 0.6 is 0 Å². The molecule has 0 bridgehead atoms. The van der Waals surface area contributed by atoms with Crippen LogP contribution in [0.15, 0.2) is 31.0 Å². The summed E-state index contributed by atoms with van der Waals surface area (Å²) in [6.45, 7) is 5.32. The zero-order valence-corrected chi connectivity index (χ0v) is 7.83. The lowest BCUT2D eigenvalue weighted by molar-refractivity contribution is 0.0946. The molecular formula is C10H11FN2O. The molecule has 1 aromatic heterocycles. The van der Waals surface area contributed by atoms with Gasteiger partial charge in [-0.25, -0.2) is 4.98 Å². The number of carbonyl (C=O) groups is 1. The summed E-state index contributed by atoms with van der Waals surface area (Å²) in [6, 6.07) is 2.41. The molecular weight excluding hydrogens is 183 g/mol. The molecule has 0 saturated heterocycles. The topological polar surface area (TPSA) is 42.0 Å². The van der Waals surface area contributed by atoms with E-state index in [0.717, 1.165) is 6.07 Å². The Morgan fingerprint density at radius 2 is 2.43 bits per heavy atom. The van der Waals surface area contributed by atoms with Crippen LogP contribution in [0.1, 0.15) is 17.3 Å². The molecule has 0 saturated carbocycles. The third-order valence-corrected chi connectivity index (χ3v) is 1.70. The number of hydrogen-bond donors (Lipinski definition) is 1. The second kappa shape index (κ2) is 4.50. The van der Waals surface area contributed by atoms with Gasteiger partial charge in [0.2, 0.25) is 5.95 Å². The number of hydrogen-bond acceptors (Lipinski definition) is 2. The molecule has 1 N–H and O–H groups in total. The minimum absolute atomic E-state index is 0.118. The van der Waals surface area contributed by atoms with Crippen molar-refractivity contribution in [2.24, 2.45) is 0 Å². The van der Waals surface area contributed by atoms with Crippen LogP contribution in [0.5, 0.6) is 0 Å². The molecule has 1 rings (SSSR count). The molecule has 0 aliphatic heterocycles. The first-order valence-corrected chi connectivity index (χ1v) is 4.18. The van der Waals surface area contributed by atoms with Gasteiger partial charge < -0.3 is 5.32 Å². The summed E-state index contributed by atoms with van der Waals surface area (Å²) in [7, 11) is 0. The van der Waals surface area contributed by atoms with Gasteiger partial charge in [0.1, 0.15) is 0 Å². The fourth-order valence-corrected chi connectivity index (χ4v) is 0.859. The lowest BCUT2D eigenvalue weighted by atomic mass is 10.2. The molecule has 1 amide bonds. The predicted octanol–water partition coefficient (Wildman–Crippen LogP) is 1.52. The van der Waals surface area contributed by atoms with Gasteiger partial charge in [0.05, 0.1) is 5.56 Å². The van der Waals surface area contributed by atoms with Crippen LogP contribution in [0.4, 0.5) is 4.39 Å². The van der Waals surface area contributed by atoms with Gasteiger partial charge in [-0.1, -0.05) is 6.08 Å². The van der Waals surface area contributed by atoms with Crippen molar-refractivity contribution in [3.8, 4) is 0 Å². The molecule has 74 valence electrons. The van der Waals surface area contributed by atoms with Gasteiger partial charge in [-0.15, -0.1) is 6.58 Å². The second-order valence-electron chi connectivity index (χ2n) is 2.87. The Kier molecular flexibility index (Phi) is 3.34. The van der Waals surface area contributed by atoms with E-state index in [0.29, 0.717) is 5.56 Å². The summed E-state index contributed by atoms with van der Waals surface area (Å²) >= 11 is 0. The van der Waals surface area contributed by atoms with Crippen LogP contribution in [0.3, 0.4) is 0 Å². The predicted molar refractivity (Wildman–Crippen MR) is 51.3 cm³/mol. The summed E-state index contributed by atoms with van der Waals surface area (Å²) in [6.07, 6.45) is 2.80. The molecule has 14 heavy (non-hydrogen) atoms. The van der Waals surface area contributed by atoms with Crippen molar-refractivity contribution in [2.75, 3.05) is 0 Å². The zero-order valence-electron chi connectivity index (χ0n) is 7.83. The number of carbonyl (C=O) groups excluding carboxylic acids is 1. The first kappa shape index (κ1) is 10.4. The lowest BCUT2D eigenvalue weighted by Gasteiger charge is -2.08. The Morgan fingerprint density at radius 3 is 2.93 bits per heavy atom. The highest BCUT2D eigenvalue weighted by atomic mass is 19.1. The number of pyridine rings is 1. The van der Waals surface area contributed by atoms with Crippen molar-refractivity contribution in [1.82, 2.24) is 10.3 Å². The maximum atomic E-state index is 12.4. The summed E-state index contributed by atoms with van der Waals surface area (Å²) in [5, 5.41) is 2.65. The van der Waals surface area contributed by atoms with Crippen molar-refractivity contribution in [3.63, 3.8) is 0 Å². The third kappa shape index (κ3) is 2.65. The van der Waals surface area contributed by atoms with E-state index in [1.807, 2.05) is 0 Å². The SMILES string of the molecule is C=CC(C)NC(=O)c1ccc(F)nc1. The van der Waals surface area contributed by atoms with Crippen LogP contribution < -0.4 is 5.32 Å². The standard InChI is InChI=1S/C10H11FN2O/c1-3-7(2)13-10(14)8-4-5-9(11)12-6-8/h3-7H,1H2,2H3,(H,13,14). The lowest BCUT2D eigenvalue weighted by Crippen LogP contribution is -2.30. The van der Waals surface area contributed by atoms with Crippen molar-refractivity contribution in [3.05, 3.63) is 42.5 Å². The molecule has 3 nitrogen and oxygen atoms in total. The molecule has 0 radical (unpaired) electrons. The van der Waals surface area contributed by atoms with E-state index >= 15 is 0 Å². The van der Waals surface area contributed by atoms with Crippen molar-refractivity contribution in [1.29, 1.82) is 0 Å². The normalized spacial score (nSPS) is 11.9. The van der Waals surface area contributed by atoms with Crippen LogP contribution in [0.25, 0.3) is 0 Å². The molecule has 4 heteroatoms. The first-order chi connectivity index (χ1) is 6.63. The molecule has 0 fully saturated rings. The molecule has 0 aromatic carbocycles. The monoisotopic (exact) mass is 194 g/mol. The smallest absolute Gasteiger partial charge is 0.253 e. The molecule has 0 aliphatic rings. The number of nitrogens with zero attached hydrogens (tertiary/aromatic N) is 1. The Bertz CT molecular complexity index is 334. The van der Waals surface area contributed by atoms with E-state index in [-0.39, 0.29) is 11.9 Å². The van der Waals surface area contributed by atoms with Crippen LogP contribution in [-0.4, -0.2) is 16.9 Å². The minimum Gasteiger partial charge on any atom is -0.346 e. The Balaban J connectivity index is 2.70. The molecule has 1 heterocycles. The number of halogens is 1. The van der Waals surface area contributed by atoms with Crippen LogP contribution in [0.2, 0.25) is 0 Å². The number of amides is 1. The number of rotatable bonds is 3. The van der Waals surface area contributed by atoms with Crippen molar-refractivity contribution in [2.45, 2.75) is 13.0 Å². The Morgan fingerprint density at radius 1 is 1.71 bits per heavy atom. The highest BCUT2D eigenvalue weighted by molar-refractivity contribution is 5.94. The maximum absolute atomic E-state index is 12.4. The number of nitrogens with one attached hydrogen (secondary N) is 1. The summed E-state index contributed by atoms with van der Waals surface area (Å²) in [5.41, 5.74) is 0.333. The minimum atomic E-state index is -0.599. The molecule has 0 aliphatic carbocycles. The van der Waals surface area contributed by atoms with Gasteiger partial charge >= 0.3 is 0 Å². The number of aromatic nitrogens is 1. The second-order valence-corrected chi connectivity index (χ2v) is 2.87. The largest absolute Gasteiger partial charge is 0.346 e. The van der Waals surface area contributed by atoms with Gasteiger partial charge in [-0.2, -0.15) is 4.39 Å². The van der Waals surface area contributed by atoms with E-state index in [9.17, 15) is 9.18 Å². The van der Waals surface area contributed by atoms with Gasteiger partial charge in [0.15, 0.2) is 0 Å². The van der Waals surface area contributed by atoms with Crippen LogP contribution in [0, 0.1) is 5.95 Å². The van der Waals surface area contributed by atoms with Crippen LogP contribution in [-0.2, 0) is 0 Å². The molecule has 0 spiro atoms. The zero-order chi connectivity index (χ0) is 10.6. The van der Waals surface area contributed by atoms with Crippen molar-refractivity contribution >= 4 is 5.91 Å². The summed E-state index contributed by atoms with van der Waals surface area (Å²) < 4.78 is 12.4. The van der Waals surface area contributed by atoms with Gasteiger partial charge in [0, 0.05) is 12.2 Å². The Labute approximate surface area is 81.7 Å². The van der Waals surface area contributed by atoms with E-state index in [1.54, 1.807) is 13.0 Å². The van der Waals surface area contributed by atoms with Gasteiger partial charge in [-0.05, 0) is 19.1 Å². The fourth-order valence-electron chi connectivity index (χ4n) is 0.859. The molecule has 1 aromatic rings. The third-order valence-electron chi connectivity index (χ3n) is 1.70. The fraction of sp³-hybridized carbons (Fsp3) is 0.200. The van der Waals surface area contributed by atoms with Crippen molar-refractivity contribution < 1.29 is 9.18 Å². The quantitative estimate of drug-likeness (QED) is 0.585. The summed E-state index contributed by atoms with van der Waals surface area (Å²) in [4.78, 5) is 14.8. The van der Waals surface area contributed by atoms with E-state index in [2.05, 4.69) is 16.9 Å². The maximum Gasteiger partial charge on any atom is 0.253 e. The van der Waals surface area contributed by atoms with E-state index in [4.69, 9.17) is 0 Å². The average Bonchev–Trinajstić information content (AvgIpc) is 2.18. The highest BCUT2D eigenvalue weighted by Crippen LogP contribution is 1.99. The first-order valence-electron chi connectivity index (χ1n) is 4.18. The highest BCUT2D eigenvalue weighted by Gasteiger charge is 2.07. The molecule has 1 unspecified atom stereocenters. The van der Waals surface area contributed by atoms with E-state index in [1.165, 1.54) is 12.3 Å². The molecule has 1 atom stereocenters. The van der Waals surface area contributed by atoms with E-state index < -0.39 is 5.95 Å². The van der Waals surface area contributed by atoms with Gasteiger partial charge in [-0.3, -0.25) is 4.79 Å². The summed E-state index contributed by atoms with van der Waals surface area (Å²) in [5.74, 6) is -0.886. The van der Waals surface area contributed by atoms with Gasteiger partial charge in [0.25, 0.3) is 5.91 Å². The Hall–Kier alpha value is -1.71.